The van der Waals surface area contributed by atoms with Crippen LogP contribution in [0.3, 0.4) is 0 Å². The highest BCUT2D eigenvalue weighted by molar-refractivity contribution is 6.04. The van der Waals surface area contributed by atoms with Crippen molar-refractivity contribution in [2.75, 3.05) is 11.1 Å². The van der Waals surface area contributed by atoms with Crippen LogP contribution >= 0.6 is 0 Å². The standard InChI is InChI=1S/C15H14N2O2/c16-13-3-5-14(6-4-13)17-15(18)10-1-2-11-8-19-9-12(11)7-10/h1-7H,8-9,16H2,(H,17,18). The van der Waals surface area contributed by atoms with Crippen molar-refractivity contribution < 1.29 is 9.53 Å². The first-order valence-corrected chi connectivity index (χ1v) is 6.09. The highest BCUT2D eigenvalue weighted by atomic mass is 16.5. The van der Waals surface area contributed by atoms with E-state index >= 15 is 0 Å². The molecule has 4 heteroatoms. The van der Waals surface area contributed by atoms with Gasteiger partial charge in [0.2, 0.25) is 0 Å². The lowest BCUT2D eigenvalue weighted by molar-refractivity contribution is 0.102. The van der Waals surface area contributed by atoms with Crippen LogP contribution in [0, 0.1) is 0 Å². The number of hydrogen-bond acceptors (Lipinski definition) is 3. The van der Waals surface area contributed by atoms with Crippen LogP contribution in [0.1, 0.15) is 21.5 Å². The number of nitrogens with two attached hydrogens (primary N) is 1. The van der Waals surface area contributed by atoms with E-state index in [2.05, 4.69) is 5.32 Å². The van der Waals surface area contributed by atoms with Crippen molar-refractivity contribution in [1.29, 1.82) is 0 Å². The van der Waals surface area contributed by atoms with Crippen molar-refractivity contribution in [2.45, 2.75) is 13.2 Å². The third-order valence-corrected chi connectivity index (χ3v) is 3.15. The van der Waals surface area contributed by atoms with E-state index in [0.29, 0.717) is 24.5 Å². The second kappa shape index (κ2) is 4.74. The van der Waals surface area contributed by atoms with Crippen molar-refractivity contribution in [3.8, 4) is 0 Å². The third kappa shape index (κ3) is 2.44. The maximum Gasteiger partial charge on any atom is 0.255 e. The Hall–Kier alpha value is -2.33. The summed E-state index contributed by atoms with van der Waals surface area (Å²) < 4.78 is 5.34. The van der Waals surface area contributed by atoms with Crippen molar-refractivity contribution in [3.05, 3.63) is 59.2 Å². The summed E-state index contributed by atoms with van der Waals surface area (Å²) in [6.07, 6.45) is 0. The Morgan fingerprint density at radius 3 is 2.58 bits per heavy atom. The summed E-state index contributed by atoms with van der Waals surface area (Å²) in [5.74, 6) is -0.125. The number of carbonyl (C=O) groups excluding carboxylic acids is 1. The minimum Gasteiger partial charge on any atom is -0.399 e. The van der Waals surface area contributed by atoms with E-state index in [-0.39, 0.29) is 5.91 Å². The Morgan fingerprint density at radius 1 is 1.05 bits per heavy atom. The molecule has 0 spiro atoms. The predicted molar refractivity (Wildman–Crippen MR) is 73.7 cm³/mol. The van der Waals surface area contributed by atoms with Crippen LogP contribution in [-0.2, 0) is 18.0 Å². The van der Waals surface area contributed by atoms with E-state index in [1.54, 1.807) is 24.3 Å². The molecule has 2 aromatic rings. The lowest BCUT2D eigenvalue weighted by Gasteiger charge is -2.06. The van der Waals surface area contributed by atoms with Gasteiger partial charge in [-0.1, -0.05) is 6.07 Å². The second-order valence-corrected chi connectivity index (χ2v) is 4.55. The fourth-order valence-electron chi connectivity index (χ4n) is 2.08. The highest BCUT2D eigenvalue weighted by Gasteiger charge is 2.14. The molecule has 0 saturated heterocycles. The number of nitrogens with one attached hydrogen (secondary N) is 1. The smallest absolute Gasteiger partial charge is 0.255 e. The monoisotopic (exact) mass is 254 g/mol. The number of amides is 1. The molecule has 96 valence electrons. The van der Waals surface area contributed by atoms with Gasteiger partial charge in [-0.25, -0.2) is 0 Å². The van der Waals surface area contributed by atoms with Gasteiger partial charge in [0.1, 0.15) is 0 Å². The summed E-state index contributed by atoms with van der Waals surface area (Å²) in [6.45, 7) is 1.22. The zero-order chi connectivity index (χ0) is 13.2. The highest BCUT2D eigenvalue weighted by Crippen LogP contribution is 2.21. The van der Waals surface area contributed by atoms with Crippen LogP contribution in [0.4, 0.5) is 11.4 Å². The number of carbonyl (C=O) groups is 1. The van der Waals surface area contributed by atoms with Crippen molar-refractivity contribution in [1.82, 2.24) is 0 Å². The van der Waals surface area contributed by atoms with Crippen LogP contribution in [0.5, 0.6) is 0 Å². The van der Waals surface area contributed by atoms with Gasteiger partial charge in [0.05, 0.1) is 13.2 Å². The van der Waals surface area contributed by atoms with Crippen molar-refractivity contribution >= 4 is 17.3 Å². The van der Waals surface area contributed by atoms with Crippen molar-refractivity contribution in [3.63, 3.8) is 0 Å². The molecule has 0 aliphatic carbocycles. The molecule has 1 aliphatic heterocycles. The molecular weight excluding hydrogens is 240 g/mol. The molecule has 19 heavy (non-hydrogen) atoms. The number of rotatable bonds is 2. The molecule has 3 N–H and O–H groups in total. The molecule has 0 atom stereocenters. The largest absolute Gasteiger partial charge is 0.399 e. The van der Waals surface area contributed by atoms with Crippen LogP contribution in [0.2, 0.25) is 0 Å². The second-order valence-electron chi connectivity index (χ2n) is 4.55. The quantitative estimate of drug-likeness (QED) is 0.809. The first-order valence-electron chi connectivity index (χ1n) is 6.09. The van der Waals surface area contributed by atoms with Gasteiger partial charge in [-0.05, 0) is 47.5 Å². The van der Waals surface area contributed by atoms with Gasteiger partial charge in [-0.15, -0.1) is 0 Å². The van der Waals surface area contributed by atoms with E-state index in [4.69, 9.17) is 10.5 Å². The minimum atomic E-state index is -0.125. The van der Waals surface area contributed by atoms with Crippen LogP contribution < -0.4 is 11.1 Å². The molecule has 1 aliphatic rings. The molecule has 0 aromatic heterocycles. The Morgan fingerprint density at radius 2 is 1.79 bits per heavy atom. The van der Waals surface area contributed by atoms with Crippen LogP contribution in [-0.4, -0.2) is 5.91 Å². The summed E-state index contributed by atoms with van der Waals surface area (Å²) in [4.78, 5) is 12.1. The first kappa shape index (κ1) is 11.7. The van der Waals surface area contributed by atoms with Crippen LogP contribution in [0.25, 0.3) is 0 Å². The Balaban J connectivity index is 1.78. The summed E-state index contributed by atoms with van der Waals surface area (Å²) in [6, 6.07) is 12.7. The molecule has 2 aromatic carbocycles. The van der Waals surface area contributed by atoms with E-state index in [1.165, 1.54) is 0 Å². The average molecular weight is 254 g/mol. The van der Waals surface area contributed by atoms with E-state index in [0.717, 1.165) is 16.8 Å². The van der Waals surface area contributed by atoms with E-state index in [9.17, 15) is 4.79 Å². The zero-order valence-corrected chi connectivity index (χ0v) is 10.3. The van der Waals surface area contributed by atoms with E-state index in [1.807, 2.05) is 18.2 Å². The SMILES string of the molecule is Nc1ccc(NC(=O)c2ccc3c(c2)COC3)cc1. The van der Waals surface area contributed by atoms with Gasteiger partial charge in [0.25, 0.3) is 5.91 Å². The lowest BCUT2D eigenvalue weighted by Crippen LogP contribution is -2.12. The van der Waals surface area contributed by atoms with Gasteiger partial charge < -0.3 is 15.8 Å². The Labute approximate surface area is 111 Å². The predicted octanol–water partition coefficient (Wildman–Crippen LogP) is 2.55. The van der Waals surface area contributed by atoms with Gasteiger partial charge in [0.15, 0.2) is 0 Å². The van der Waals surface area contributed by atoms with Gasteiger partial charge >= 0.3 is 0 Å². The molecule has 0 saturated carbocycles. The average Bonchev–Trinajstić information content (AvgIpc) is 2.88. The lowest BCUT2D eigenvalue weighted by atomic mass is 10.1. The van der Waals surface area contributed by atoms with Gasteiger partial charge in [0, 0.05) is 16.9 Å². The summed E-state index contributed by atoms with van der Waals surface area (Å²) in [5.41, 5.74) is 9.89. The number of ether oxygens (including phenoxy) is 1. The fraction of sp³-hybridized carbons (Fsp3) is 0.133. The molecular formula is C15H14N2O2. The van der Waals surface area contributed by atoms with E-state index < -0.39 is 0 Å². The number of hydrogen-bond donors (Lipinski definition) is 2. The third-order valence-electron chi connectivity index (χ3n) is 3.15. The van der Waals surface area contributed by atoms with Crippen LogP contribution in [0.15, 0.2) is 42.5 Å². The molecule has 0 fully saturated rings. The molecule has 3 rings (SSSR count). The fourth-order valence-corrected chi connectivity index (χ4v) is 2.08. The summed E-state index contributed by atoms with van der Waals surface area (Å²) in [7, 11) is 0. The normalized spacial score (nSPS) is 13.1. The number of anilines is 2. The Kier molecular flexibility index (Phi) is 2.93. The summed E-state index contributed by atoms with van der Waals surface area (Å²) >= 11 is 0. The topological polar surface area (TPSA) is 64.3 Å². The summed E-state index contributed by atoms with van der Waals surface area (Å²) in [5, 5.41) is 2.84. The molecule has 1 amide bonds. The maximum atomic E-state index is 12.1. The molecule has 0 bridgehead atoms. The molecule has 1 heterocycles. The zero-order valence-electron chi connectivity index (χ0n) is 10.3. The first-order chi connectivity index (χ1) is 9.22. The minimum absolute atomic E-state index is 0.125. The number of benzene rings is 2. The van der Waals surface area contributed by atoms with Gasteiger partial charge in [-0.2, -0.15) is 0 Å². The number of nitrogen functional groups attached to an aromatic ring is 1. The van der Waals surface area contributed by atoms with Crippen molar-refractivity contribution in [2.24, 2.45) is 0 Å². The molecule has 0 radical (unpaired) electrons. The Bertz CT molecular complexity index is 621. The number of fused-ring (bicyclic) bond motifs is 1. The van der Waals surface area contributed by atoms with Gasteiger partial charge in [-0.3, -0.25) is 4.79 Å². The maximum absolute atomic E-state index is 12.1. The molecule has 0 unspecified atom stereocenters. The molecule has 4 nitrogen and oxygen atoms in total.